The lowest BCUT2D eigenvalue weighted by Crippen LogP contribution is -2.47. The van der Waals surface area contributed by atoms with Crippen LogP contribution >= 0.6 is 0 Å². The number of ether oxygens (including phenoxy) is 1. The smallest absolute Gasteiger partial charge is 0.242 e. The first-order valence-corrected chi connectivity index (χ1v) is 11.3. The maximum absolute atomic E-state index is 12.6. The summed E-state index contributed by atoms with van der Waals surface area (Å²) in [7, 11) is 3.50. The largest absolute Gasteiger partial charge is 0.479 e. The highest BCUT2D eigenvalue weighted by molar-refractivity contribution is 5.86. The van der Waals surface area contributed by atoms with Crippen molar-refractivity contribution in [1.82, 2.24) is 25.0 Å². The van der Waals surface area contributed by atoms with Crippen molar-refractivity contribution in [3.05, 3.63) is 16.8 Å². The van der Waals surface area contributed by atoms with E-state index in [1.54, 1.807) is 11.8 Å². The van der Waals surface area contributed by atoms with Crippen molar-refractivity contribution in [1.29, 1.82) is 0 Å². The number of fused-ring (bicyclic) bond motifs is 1. The van der Waals surface area contributed by atoms with E-state index in [4.69, 9.17) is 9.72 Å². The van der Waals surface area contributed by atoms with Crippen LogP contribution in [0.1, 0.15) is 62.3 Å². The molecule has 7 heteroatoms. The van der Waals surface area contributed by atoms with Crippen LogP contribution in [0.5, 0.6) is 5.88 Å². The standard InChI is InChI=1S/C23H37N5O2/c1-6-7-13-28-14-9-8-10-18(28)15-24-20(29)12-11-19-16(2)21-22(25-17(19)3)27(4)26-23(21)30-5/h18H,6-15H2,1-5H3,(H,24,29). The summed E-state index contributed by atoms with van der Waals surface area (Å²) in [5.41, 5.74) is 4.00. The molecule has 2 aromatic rings. The van der Waals surface area contributed by atoms with Gasteiger partial charge in [0.1, 0.15) is 0 Å². The molecular weight excluding hydrogens is 378 g/mol. The Bertz CT molecular complexity index is 876. The Morgan fingerprint density at radius 2 is 2.10 bits per heavy atom. The third-order valence-corrected chi connectivity index (χ3v) is 6.40. The van der Waals surface area contributed by atoms with E-state index in [2.05, 4.69) is 29.2 Å². The number of nitrogens with zero attached hydrogens (tertiary/aromatic N) is 4. The molecule has 0 saturated carbocycles. The fraction of sp³-hybridized carbons (Fsp3) is 0.696. The lowest BCUT2D eigenvalue weighted by atomic mass is 9.99. The van der Waals surface area contributed by atoms with Crippen molar-refractivity contribution in [2.24, 2.45) is 7.05 Å². The number of nitrogens with one attached hydrogen (secondary N) is 1. The number of amides is 1. The maximum Gasteiger partial charge on any atom is 0.242 e. The molecule has 2 aromatic heterocycles. The zero-order valence-corrected chi connectivity index (χ0v) is 19.3. The number of hydrogen-bond acceptors (Lipinski definition) is 5. The van der Waals surface area contributed by atoms with E-state index in [1.165, 1.54) is 32.1 Å². The van der Waals surface area contributed by atoms with Gasteiger partial charge in [0.15, 0.2) is 5.65 Å². The maximum atomic E-state index is 12.6. The number of piperidine rings is 1. The molecule has 0 radical (unpaired) electrons. The van der Waals surface area contributed by atoms with Gasteiger partial charge in [-0.05, 0) is 63.7 Å². The number of pyridine rings is 1. The van der Waals surface area contributed by atoms with Crippen LogP contribution in [0.15, 0.2) is 0 Å². The number of likely N-dealkylation sites (tertiary alicyclic amines) is 1. The Labute approximate surface area is 180 Å². The first-order chi connectivity index (χ1) is 14.5. The Kier molecular flexibility index (Phi) is 7.69. The summed E-state index contributed by atoms with van der Waals surface area (Å²) >= 11 is 0. The molecule has 1 atom stereocenters. The molecule has 0 spiro atoms. The Morgan fingerprint density at radius 1 is 1.30 bits per heavy atom. The number of carbonyl (C=O) groups excluding carboxylic acids is 1. The summed E-state index contributed by atoms with van der Waals surface area (Å²) in [6.07, 6.45) is 7.32. The molecule has 1 aliphatic heterocycles. The van der Waals surface area contributed by atoms with Gasteiger partial charge in [-0.3, -0.25) is 9.69 Å². The molecule has 1 fully saturated rings. The number of carbonyl (C=O) groups is 1. The summed E-state index contributed by atoms with van der Waals surface area (Å²) in [6.45, 7) is 9.38. The lowest BCUT2D eigenvalue weighted by molar-refractivity contribution is -0.121. The first-order valence-electron chi connectivity index (χ1n) is 11.3. The number of rotatable bonds is 9. The van der Waals surface area contributed by atoms with Gasteiger partial charge < -0.3 is 10.1 Å². The lowest BCUT2D eigenvalue weighted by Gasteiger charge is -2.35. The fourth-order valence-corrected chi connectivity index (χ4v) is 4.61. The third-order valence-electron chi connectivity index (χ3n) is 6.40. The van der Waals surface area contributed by atoms with Gasteiger partial charge in [-0.25, -0.2) is 9.67 Å². The van der Waals surface area contributed by atoms with Gasteiger partial charge in [-0.15, -0.1) is 5.10 Å². The van der Waals surface area contributed by atoms with E-state index in [9.17, 15) is 4.79 Å². The zero-order valence-electron chi connectivity index (χ0n) is 19.3. The molecule has 30 heavy (non-hydrogen) atoms. The van der Waals surface area contributed by atoms with Gasteiger partial charge in [-0.1, -0.05) is 19.8 Å². The molecule has 166 valence electrons. The average molecular weight is 416 g/mol. The van der Waals surface area contributed by atoms with E-state index in [1.807, 2.05) is 14.0 Å². The minimum absolute atomic E-state index is 0.119. The van der Waals surface area contributed by atoms with Crippen molar-refractivity contribution in [2.45, 2.75) is 71.8 Å². The summed E-state index contributed by atoms with van der Waals surface area (Å²) in [5.74, 6) is 0.709. The van der Waals surface area contributed by atoms with Crippen LogP contribution in [-0.4, -0.2) is 58.4 Å². The quantitative estimate of drug-likeness (QED) is 0.680. The van der Waals surface area contributed by atoms with Crippen molar-refractivity contribution >= 4 is 16.9 Å². The summed E-state index contributed by atoms with van der Waals surface area (Å²) in [4.78, 5) is 19.9. The van der Waals surface area contributed by atoms with E-state index in [0.29, 0.717) is 24.8 Å². The molecule has 3 heterocycles. The topological polar surface area (TPSA) is 72.3 Å². The number of aromatic nitrogens is 3. The second-order valence-corrected chi connectivity index (χ2v) is 8.48. The molecule has 1 saturated heterocycles. The minimum atomic E-state index is 0.119. The van der Waals surface area contributed by atoms with Crippen LogP contribution in [0.2, 0.25) is 0 Å². The molecule has 1 amide bonds. The van der Waals surface area contributed by atoms with E-state index >= 15 is 0 Å². The van der Waals surface area contributed by atoms with Gasteiger partial charge in [-0.2, -0.15) is 0 Å². The van der Waals surface area contributed by atoms with Gasteiger partial charge in [0, 0.05) is 31.7 Å². The Hall–Kier alpha value is -2.15. The third kappa shape index (κ3) is 4.94. The number of aryl methyl sites for hydroxylation is 3. The molecule has 0 bridgehead atoms. The predicted octanol–water partition coefficient (Wildman–Crippen LogP) is 3.30. The van der Waals surface area contributed by atoms with E-state index in [0.717, 1.165) is 47.5 Å². The fourth-order valence-electron chi connectivity index (χ4n) is 4.61. The van der Waals surface area contributed by atoms with Crippen molar-refractivity contribution in [3.63, 3.8) is 0 Å². The number of methoxy groups -OCH3 is 1. The minimum Gasteiger partial charge on any atom is -0.479 e. The second kappa shape index (κ2) is 10.2. The molecule has 1 aliphatic rings. The molecule has 3 rings (SSSR count). The molecule has 0 aliphatic carbocycles. The monoisotopic (exact) mass is 415 g/mol. The number of unbranched alkanes of at least 4 members (excludes halogenated alkanes) is 1. The Balaban J connectivity index is 1.61. The molecule has 7 nitrogen and oxygen atoms in total. The first kappa shape index (κ1) is 22.5. The van der Waals surface area contributed by atoms with Crippen LogP contribution in [0.25, 0.3) is 11.0 Å². The van der Waals surface area contributed by atoms with Crippen LogP contribution in [0, 0.1) is 13.8 Å². The van der Waals surface area contributed by atoms with Crippen LogP contribution in [-0.2, 0) is 18.3 Å². The van der Waals surface area contributed by atoms with Gasteiger partial charge >= 0.3 is 0 Å². The average Bonchev–Trinajstić information content (AvgIpc) is 3.06. The van der Waals surface area contributed by atoms with Gasteiger partial charge in [0.05, 0.1) is 12.5 Å². The Morgan fingerprint density at radius 3 is 2.83 bits per heavy atom. The second-order valence-electron chi connectivity index (χ2n) is 8.48. The summed E-state index contributed by atoms with van der Waals surface area (Å²) < 4.78 is 7.19. The highest BCUT2D eigenvalue weighted by atomic mass is 16.5. The molecule has 1 unspecified atom stereocenters. The zero-order chi connectivity index (χ0) is 21.7. The van der Waals surface area contributed by atoms with Crippen molar-refractivity contribution in [2.75, 3.05) is 26.7 Å². The molecule has 1 N–H and O–H groups in total. The normalized spacial score (nSPS) is 17.4. The van der Waals surface area contributed by atoms with Gasteiger partial charge in [0.2, 0.25) is 11.8 Å². The van der Waals surface area contributed by atoms with Crippen molar-refractivity contribution in [3.8, 4) is 5.88 Å². The summed E-state index contributed by atoms with van der Waals surface area (Å²) in [6, 6.07) is 0.482. The SMILES string of the molecule is CCCCN1CCCCC1CNC(=O)CCc1c(C)nc2c(c(OC)nn2C)c1C. The predicted molar refractivity (Wildman–Crippen MR) is 120 cm³/mol. The summed E-state index contributed by atoms with van der Waals surface area (Å²) in [5, 5.41) is 8.53. The van der Waals surface area contributed by atoms with Crippen LogP contribution < -0.4 is 10.1 Å². The van der Waals surface area contributed by atoms with Crippen LogP contribution in [0.3, 0.4) is 0 Å². The van der Waals surface area contributed by atoms with Crippen LogP contribution in [0.4, 0.5) is 0 Å². The molecular formula is C23H37N5O2. The molecule has 0 aromatic carbocycles. The van der Waals surface area contributed by atoms with E-state index in [-0.39, 0.29) is 5.91 Å². The number of hydrogen-bond donors (Lipinski definition) is 1. The highest BCUT2D eigenvalue weighted by Gasteiger charge is 2.22. The van der Waals surface area contributed by atoms with Gasteiger partial charge in [0.25, 0.3) is 0 Å². The highest BCUT2D eigenvalue weighted by Crippen LogP contribution is 2.30. The van der Waals surface area contributed by atoms with Crippen molar-refractivity contribution < 1.29 is 9.53 Å². The van der Waals surface area contributed by atoms with E-state index < -0.39 is 0 Å².